The van der Waals surface area contributed by atoms with Crippen LogP contribution in [-0.4, -0.2) is 15.0 Å². The molecule has 2 aromatic rings. The fourth-order valence-corrected chi connectivity index (χ4v) is 1.61. The second-order valence-corrected chi connectivity index (χ2v) is 3.90. The van der Waals surface area contributed by atoms with Crippen molar-refractivity contribution < 1.29 is 4.39 Å². The molecule has 2 rings (SSSR count). The number of nitrogens with zero attached hydrogens (tertiary/aromatic N) is 3. The van der Waals surface area contributed by atoms with Crippen molar-refractivity contribution in [3.63, 3.8) is 0 Å². The number of hydrogen-bond donors (Lipinski definition) is 1. The van der Waals surface area contributed by atoms with Crippen LogP contribution >= 0.6 is 15.9 Å². The highest BCUT2D eigenvalue weighted by atomic mass is 79.9. The first-order valence-corrected chi connectivity index (χ1v) is 5.04. The Morgan fingerprint density at radius 1 is 1.47 bits per heavy atom. The molecule has 1 aromatic heterocycles. The number of nitrogens with two attached hydrogens (primary N) is 1. The molecule has 0 aliphatic rings. The van der Waals surface area contributed by atoms with Gasteiger partial charge in [0.2, 0.25) is 0 Å². The van der Waals surface area contributed by atoms with Crippen molar-refractivity contribution in [2.24, 2.45) is 0 Å². The molecule has 6 heteroatoms. The molecule has 0 aliphatic carbocycles. The van der Waals surface area contributed by atoms with Crippen molar-refractivity contribution in [1.82, 2.24) is 15.0 Å². The van der Waals surface area contributed by atoms with E-state index in [1.807, 2.05) is 0 Å². The molecule has 1 heterocycles. The van der Waals surface area contributed by atoms with Gasteiger partial charge < -0.3 is 5.73 Å². The van der Waals surface area contributed by atoms with Gasteiger partial charge in [-0.15, -0.1) is 5.10 Å². The zero-order chi connectivity index (χ0) is 10.8. The van der Waals surface area contributed by atoms with Crippen LogP contribution in [0.2, 0.25) is 0 Å². The highest BCUT2D eigenvalue weighted by Gasteiger charge is 2.02. The summed E-state index contributed by atoms with van der Waals surface area (Å²) in [5.41, 5.74) is 6.32. The van der Waals surface area contributed by atoms with Crippen LogP contribution in [0.4, 0.5) is 10.2 Å². The van der Waals surface area contributed by atoms with Crippen LogP contribution in [0.25, 0.3) is 0 Å². The Kier molecular flexibility index (Phi) is 2.68. The summed E-state index contributed by atoms with van der Waals surface area (Å²) >= 11 is 3.11. The third-order valence-corrected chi connectivity index (χ3v) is 2.47. The molecule has 0 amide bonds. The Labute approximate surface area is 94.0 Å². The van der Waals surface area contributed by atoms with Gasteiger partial charge in [0, 0.05) is 0 Å². The number of nitrogen functional groups attached to an aromatic ring is 1. The van der Waals surface area contributed by atoms with Gasteiger partial charge in [0.25, 0.3) is 0 Å². The van der Waals surface area contributed by atoms with E-state index >= 15 is 0 Å². The molecule has 1 aromatic carbocycles. The minimum absolute atomic E-state index is 0.285. The third-order valence-electron chi connectivity index (χ3n) is 1.86. The Hall–Kier alpha value is -1.43. The maximum atomic E-state index is 12.9. The van der Waals surface area contributed by atoms with E-state index in [0.717, 1.165) is 5.56 Å². The summed E-state index contributed by atoms with van der Waals surface area (Å²) in [5.74, 6) is 0.0860. The molecule has 2 N–H and O–H groups in total. The standard InChI is InChI=1S/C9H8BrFN4/c10-7-3-6(1-2-8(7)11)5-15-13-4-9(12)14-15/h1-4H,5H2,(H2,12,14). The van der Waals surface area contributed by atoms with Gasteiger partial charge in [0.1, 0.15) is 5.82 Å². The summed E-state index contributed by atoms with van der Waals surface area (Å²) < 4.78 is 13.4. The van der Waals surface area contributed by atoms with E-state index in [1.165, 1.54) is 17.1 Å². The van der Waals surface area contributed by atoms with E-state index in [1.54, 1.807) is 12.1 Å². The van der Waals surface area contributed by atoms with Crippen molar-refractivity contribution in [1.29, 1.82) is 0 Å². The summed E-state index contributed by atoms with van der Waals surface area (Å²) in [6, 6.07) is 4.76. The average Bonchev–Trinajstić information content (AvgIpc) is 2.58. The lowest BCUT2D eigenvalue weighted by atomic mass is 10.2. The quantitative estimate of drug-likeness (QED) is 0.906. The molecular weight excluding hydrogens is 263 g/mol. The zero-order valence-electron chi connectivity index (χ0n) is 7.69. The van der Waals surface area contributed by atoms with Gasteiger partial charge >= 0.3 is 0 Å². The summed E-state index contributed by atoms with van der Waals surface area (Å²) in [6.07, 6.45) is 1.47. The highest BCUT2D eigenvalue weighted by molar-refractivity contribution is 9.10. The zero-order valence-corrected chi connectivity index (χ0v) is 9.28. The largest absolute Gasteiger partial charge is 0.381 e. The van der Waals surface area contributed by atoms with E-state index < -0.39 is 0 Å². The smallest absolute Gasteiger partial charge is 0.165 e. The van der Waals surface area contributed by atoms with Crippen LogP contribution in [-0.2, 0) is 6.54 Å². The normalized spacial score (nSPS) is 10.5. The van der Waals surface area contributed by atoms with Gasteiger partial charge in [-0.1, -0.05) is 6.07 Å². The Morgan fingerprint density at radius 3 is 2.87 bits per heavy atom. The first-order chi connectivity index (χ1) is 7.15. The molecule has 15 heavy (non-hydrogen) atoms. The molecule has 0 saturated heterocycles. The lowest BCUT2D eigenvalue weighted by Gasteiger charge is -2.01. The molecule has 4 nitrogen and oxygen atoms in total. The number of aromatic nitrogens is 3. The van der Waals surface area contributed by atoms with E-state index in [9.17, 15) is 4.39 Å². The highest BCUT2D eigenvalue weighted by Crippen LogP contribution is 2.17. The van der Waals surface area contributed by atoms with Gasteiger partial charge in [-0.05, 0) is 33.6 Å². The van der Waals surface area contributed by atoms with E-state index in [-0.39, 0.29) is 5.82 Å². The van der Waals surface area contributed by atoms with Gasteiger partial charge in [-0.3, -0.25) is 0 Å². The van der Waals surface area contributed by atoms with Crippen LogP contribution in [0.1, 0.15) is 5.56 Å². The average molecular weight is 271 g/mol. The molecule has 0 spiro atoms. The summed E-state index contributed by atoms with van der Waals surface area (Å²) in [7, 11) is 0. The minimum atomic E-state index is -0.285. The predicted octanol–water partition coefficient (Wildman–Crippen LogP) is 1.81. The molecule has 0 bridgehead atoms. The molecule has 0 aliphatic heterocycles. The monoisotopic (exact) mass is 270 g/mol. The number of anilines is 1. The second-order valence-electron chi connectivity index (χ2n) is 3.05. The maximum Gasteiger partial charge on any atom is 0.165 e. The topological polar surface area (TPSA) is 56.7 Å². The molecule has 0 unspecified atom stereocenters. The maximum absolute atomic E-state index is 12.9. The molecule has 0 atom stereocenters. The van der Waals surface area contributed by atoms with Crippen molar-refractivity contribution in [3.05, 3.63) is 40.2 Å². The van der Waals surface area contributed by atoms with Gasteiger partial charge in [-0.25, -0.2) is 4.39 Å². The third kappa shape index (κ3) is 2.33. The Bertz CT molecular complexity index is 483. The first-order valence-electron chi connectivity index (χ1n) is 4.24. The Balaban J connectivity index is 2.21. The summed E-state index contributed by atoms with van der Waals surface area (Å²) in [5, 5.41) is 7.87. The van der Waals surface area contributed by atoms with E-state index in [2.05, 4.69) is 26.1 Å². The molecule has 0 fully saturated rings. The van der Waals surface area contributed by atoms with Crippen molar-refractivity contribution in [3.8, 4) is 0 Å². The van der Waals surface area contributed by atoms with Crippen LogP contribution < -0.4 is 5.73 Å². The molecule has 0 saturated carbocycles. The van der Waals surface area contributed by atoms with Crippen molar-refractivity contribution in [2.45, 2.75) is 6.54 Å². The first kappa shape index (κ1) is 10.1. The number of benzene rings is 1. The van der Waals surface area contributed by atoms with Crippen molar-refractivity contribution >= 4 is 21.7 Å². The fourth-order valence-electron chi connectivity index (χ4n) is 1.19. The molecular formula is C9H8BrFN4. The number of hydrogen-bond acceptors (Lipinski definition) is 3. The lowest BCUT2D eigenvalue weighted by Crippen LogP contribution is -2.04. The lowest BCUT2D eigenvalue weighted by molar-refractivity contribution is 0.587. The number of rotatable bonds is 2. The molecule has 78 valence electrons. The SMILES string of the molecule is Nc1cnn(Cc2ccc(F)c(Br)c2)n1. The van der Waals surface area contributed by atoms with Crippen LogP contribution in [0.3, 0.4) is 0 Å². The Morgan fingerprint density at radius 2 is 2.27 bits per heavy atom. The minimum Gasteiger partial charge on any atom is -0.381 e. The second kappa shape index (κ2) is 3.98. The van der Waals surface area contributed by atoms with E-state index in [0.29, 0.717) is 16.8 Å². The van der Waals surface area contributed by atoms with Crippen LogP contribution in [0.15, 0.2) is 28.9 Å². The summed E-state index contributed by atoms with van der Waals surface area (Å²) in [6.45, 7) is 0.468. The van der Waals surface area contributed by atoms with E-state index in [4.69, 9.17) is 5.73 Å². The van der Waals surface area contributed by atoms with Gasteiger partial charge in [-0.2, -0.15) is 9.90 Å². The molecule has 0 radical (unpaired) electrons. The van der Waals surface area contributed by atoms with Gasteiger partial charge in [0.15, 0.2) is 5.82 Å². The predicted molar refractivity (Wildman–Crippen MR) is 57.6 cm³/mol. The fraction of sp³-hybridized carbons (Fsp3) is 0.111. The van der Waals surface area contributed by atoms with Crippen LogP contribution in [0.5, 0.6) is 0 Å². The van der Waals surface area contributed by atoms with Crippen molar-refractivity contribution in [2.75, 3.05) is 5.73 Å². The number of halogens is 2. The summed E-state index contributed by atoms with van der Waals surface area (Å²) in [4.78, 5) is 1.45. The van der Waals surface area contributed by atoms with Crippen LogP contribution in [0, 0.1) is 5.82 Å². The van der Waals surface area contributed by atoms with Gasteiger partial charge in [0.05, 0.1) is 17.2 Å².